The fourth-order valence-electron chi connectivity index (χ4n) is 2.02. The van der Waals surface area contributed by atoms with Crippen molar-refractivity contribution in [1.82, 2.24) is 20.3 Å². The summed E-state index contributed by atoms with van der Waals surface area (Å²) in [4.78, 5) is 34.3. The molecule has 0 saturated carbocycles. The van der Waals surface area contributed by atoms with E-state index in [1.807, 2.05) is 6.92 Å². The van der Waals surface area contributed by atoms with Gasteiger partial charge in [-0.15, -0.1) is 5.10 Å². The van der Waals surface area contributed by atoms with Crippen molar-refractivity contribution >= 4 is 23.5 Å². The average Bonchev–Trinajstić information content (AvgIpc) is 3.09. The summed E-state index contributed by atoms with van der Waals surface area (Å²) < 4.78 is 1.30. The molecule has 1 heterocycles. The Morgan fingerprint density at radius 2 is 1.96 bits per heavy atom. The monoisotopic (exact) mass is 345 g/mol. The van der Waals surface area contributed by atoms with Gasteiger partial charge in [-0.05, 0) is 24.6 Å². The molecule has 0 atom stereocenters. The van der Waals surface area contributed by atoms with Gasteiger partial charge in [0, 0.05) is 25.1 Å². The minimum atomic E-state index is -1.17. The summed E-state index contributed by atoms with van der Waals surface area (Å²) >= 11 is 0. The molecule has 132 valence electrons. The Morgan fingerprint density at radius 1 is 1.20 bits per heavy atom. The van der Waals surface area contributed by atoms with Crippen LogP contribution in [0.15, 0.2) is 30.5 Å². The van der Waals surface area contributed by atoms with Gasteiger partial charge in [0.15, 0.2) is 5.69 Å². The highest BCUT2D eigenvalue weighted by molar-refractivity contribution is 5.93. The molecule has 0 unspecified atom stereocenters. The zero-order valence-electron chi connectivity index (χ0n) is 13.7. The van der Waals surface area contributed by atoms with Crippen LogP contribution in [-0.4, -0.2) is 44.4 Å². The number of rotatable bonds is 8. The van der Waals surface area contributed by atoms with Crippen LogP contribution < -0.4 is 10.6 Å². The molecule has 0 aliphatic rings. The van der Waals surface area contributed by atoms with Crippen LogP contribution >= 0.6 is 0 Å². The first kappa shape index (κ1) is 18.1. The van der Waals surface area contributed by atoms with Gasteiger partial charge < -0.3 is 15.7 Å². The van der Waals surface area contributed by atoms with E-state index in [-0.39, 0.29) is 30.3 Å². The van der Waals surface area contributed by atoms with Gasteiger partial charge >= 0.3 is 5.97 Å². The smallest absolute Gasteiger partial charge is 0.358 e. The lowest BCUT2D eigenvalue weighted by Gasteiger charge is -2.07. The summed E-state index contributed by atoms with van der Waals surface area (Å²) in [6.45, 7) is 2.55. The Kier molecular flexibility index (Phi) is 6.21. The number of nitrogens with one attached hydrogen (secondary N) is 2. The number of aromatic nitrogens is 3. The Labute approximate surface area is 144 Å². The predicted octanol–water partition coefficient (Wildman–Crippen LogP) is 1.21. The van der Waals surface area contributed by atoms with Crippen LogP contribution in [0.3, 0.4) is 0 Å². The summed E-state index contributed by atoms with van der Waals surface area (Å²) in [5, 5.41) is 21.5. The molecule has 9 heteroatoms. The second-order valence-electron chi connectivity index (χ2n) is 5.30. The number of carboxylic acids is 1. The first-order chi connectivity index (χ1) is 12.0. The fraction of sp³-hybridized carbons (Fsp3) is 0.312. The van der Waals surface area contributed by atoms with Crippen LogP contribution in [0.25, 0.3) is 5.69 Å². The largest absolute Gasteiger partial charge is 0.476 e. The van der Waals surface area contributed by atoms with Gasteiger partial charge in [0.2, 0.25) is 11.8 Å². The number of carbonyl (C=O) groups is 3. The first-order valence-electron chi connectivity index (χ1n) is 7.82. The van der Waals surface area contributed by atoms with Crippen LogP contribution in [0.5, 0.6) is 0 Å². The third kappa shape index (κ3) is 5.41. The minimum absolute atomic E-state index is 0.0757. The third-order valence-corrected chi connectivity index (χ3v) is 3.26. The number of nitrogens with zero attached hydrogens (tertiary/aromatic N) is 3. The molecule has 25 heavy (non-hydrogen) atoms. The molecule has 0 aliphatic carbocycles. The summed E-state index contributed by atoms with van der Waals surface area (Å²) in [6.07, 6.45) is 2.32. The molecule has 0 saturated heterocycles. The molecule has 1 aromatic heterocycles. The van der Waals surface area contributed by atoms with Crippen LogP contribution in [0, 0.1) is 0 Å². The van der Waals surface area contributed by atoms with Crippen molar-refractivity contribution in [3.8, 4) is 5.69 Å². The van der Waals surface area contributed by atoms with E-state index in [9.17, 15) is 14.4 Å². The molecule has 2 aromatic rings. The molecular formula is C16H19N5O4. The van der Waals surface area contributed by atoms with Crippen molar-refractivity contribution in [2.24, 2.45) is 0 Å². The van der Waals surface area contributed by atoms with E-state index in [1.165, 1.54) is 10.9 Å². The molecular weight excluding hydrogens is 326 g/mol. The van der Waals surface area contributed by atoms with Crippen molar-refractivity contribution in [1.29, 1.82) is 0 Å². The lowest BCUT2D eigenvalue weighted by atomic mass is 10.2. The molecule has 0 aliphatic heterocycles. The SMILES string of the molecule is CCCNC(=O)CCC(=O)Nc1cccc(-n2cc(C(=O)O)nn2)c1. The van der Waals surface area contributed by atoms with Gasteiger partial charge in [-0.1, -0.05) is 18.2 Å². The van der Waals surface area contributed by atoms with Gasteiger partial charge in [-0.25, -0.2) is 9.48 Å². The zero-order valence-corrected chi connectivity index (χ0v) is 13.7. The molecule has 9 nitrogen and oxygen atoms in total. The first-order valence-corrected chi connectivity index (χ1v) is 7.82. The lowest BCUT2D eigenvalue weighted by molar-refractivity contribution is -0.124. The van der Waals surface area contributed by atoms with Crippen LogP contribution in [0.2, 0.25) is 0 Å². The maximum atomic E-state index is 11.9. The summed E-state index contributed by atoms with van der Waals surface area (Å²) in [5.74, 6) is -1.61. The quantitative estimate of drug-likeness (QED) is 0.660. The van der Waals surface area contributed by atoms with Crippen LogP contribution in [-0.2, 0) is 9.59 Å². The van der Waals surface area contributed by atoms with E-state index >= 15 is 0 Å². The van der Waals surface area contributed by atoms with E-state index in [0.29, 0.717) is 17.9 Å². The second kappa shape index (κ2) is 8.57. The molecule has 2 amide bonds. The highest BCUT2D eigenvalue weighted by Crippen LogP contribution is 2.14. The summed E-state index contributed by atoms with van der Waals surface area (Å²) in [7, 11) is 0. The van der Waals surface area contributed by atoms with E-state index < -0.39 is 5.97 Å². The molecule has 0 fully saturated rings. The molecule has 3 N–H and O–H groups in total. The highest BCUT2D eigenvalue weighted by Gasteiger charge is 2.11. The zero-order chi connectivity index (χ0) is 18.2. The molecule has 1 aromatic carbocycles. The number of carbonyl (C=O) groups excluding carboxylic acids is 2. The van der Waals surface area contributed by atoms with Gasteiger partial charge in [0.05, 0.1) is 11.9 Å². The molecule has 0 bridgehead atoms. The summed E-state index contributed by atoms with van der Waals surface area (Å²) in [5.41, 5.74) is 0.898. The topological polar surface area (TPSA) is 126 Å². The Morgan fingerprint density at radius 3 is 2.64 bits per heavy atom. The minimum Gasteiger partial charge on any atom is -0.476 e. The number of amides is 2. The second-order valence-corrected chi connectivity index (χ2v) is 5.30. The van der Waals surface area contributed by atoms with Crippen molar-refractivity contribution in [2.75, 3.05) is 11.9 Å². The fourth-order valence-corrected chi connectivity index (χ4v) is 2.02. The molecule has 2 rings (SSSR count). The normalized spacial score (nSPS) is 10.3. The van der Waals surface area contributed by atoms with Gasteiger partial charge in [0.25, 0.3) is 0 Å². The lowest BCUT2D eigenvalue weighted by Crippen LogP contribution is -2.25. The van der Waals surface area contributed by atoms with E-state index in [1.54, 1.807) is 24.3 Å². The van der Waals surface area contributed by atoms with Crippen LogP contribution in [0.4, 0.5) is 5.69 Å². The van der Waals surface area contributed by atoms with Crippen LogP contribution in [0.1, 0.15) is 36.7 Å². The van der Waals surface area contributed by atoms with E-state index in [2.05, 4.69) is 20.9 Å². The Hall–Kier alpha value is -3.23. The number of benzene rings is 1. The Bertz CT molecular complexity index is 771. The standard InChI is InChI=1S/C16H19N5O4/c1-2-8-17-14(22)6-7-15(23)18-11-4-3-5-12(9-11)21-10-13(16(24)25)19-20-21/h3-5,9-10H,2,6-8H2,1H3,(H,17,22)(H,18,23)(H,24,25). The summed E-state index contributed by atoms with van der Waals surface area (Å²) in [6, 6.07) is 6.72. The van der Waals surface area contributed by atoms with Crippen molar-refractivity contribution in [3.05, 3.63) is 36.2 Å². The van der Waals surface area contributed by atoms with E-state index in [4.69, 9.17) is 5.11 Å². The average molecular weight is 345 g/mol. The third-order valence-electron chi connectivity index (χ3n) is 3.26. The van der Waals surface area contributed by atoms with Gasteiger partial charge in [-0.2, -0.15) is 0 Å². The Balaban J connectivity index is 1.95. The maximum Gasteiger partial charge on any atom is 0.358 e. The number of anilines is 1. The maximum absolute atomic E-state index is 11.9. The van der Waals surface area contributed by atoms with E-state index in [0.717, 1.165) is 6.42 Å². The van der Waals surface area contributed by atoms with Gasteiger partial charge in [-0.3, -0.25) is 9.59 Å². The number of hydrogen-bond donors (Lipinski definition) is 3. The van der Waals surface area contributed by atoms with Crippen molar-refractivity contribution in [3.63, 3.8) is 0 Å². The van der Waals surface area contributed by atoms with Gasteiger partial charge in [0.1, 0.15) is 0 Å². The number of aromatic carboxylic acids is 1. The molecule has 0 spiro atoms. The molecule has 0 radical (unpaired) electrons. The highest BCUT2D eigenvalue weighted by atomic mass is 16.4. The number of hydrogen-bond acceptors (Lipinski definition) is 5. The van der Waals surface area contributed by atoms with Crippen molar-refractivity contribution in [2.45, 2.75) is 26.2 Å². The predicted molar refractivity (Wildman–Crippen MR) is 89.5 cm³/mol. The number of carboxylic acid groups (broad SMARTS) is 1. The van der Waals surface area contributed by atoms with Crippen molar-refractivity contribution < 1.29 is 19.5 Å².